The number of piperidine rings is 1. The van der Waals surface area contributed by atoms with Crippen LogP contribution in [0.5, 0.6) is 0 Å². The number of carbonyl (C=O) groups is 1. The fraction of sp³-hybridized carbons (Fsp3) is 0.933. The molecule has 2 fully saturated rings. The highest BCUT2D eigenvalue weighted by Gasteiger charge is 2.29. The highest BCUT2D eigenvalue weighted by Crippen LogP contribution is 2.17. The second-order valence-corrected chi connectivity index (χ2v) is 6.35. The van der Waals surface area contributed by atoms with Crippen molar-refractivity contribution in [3.8, 4) is 0 Å². The predicted molar refractivity (Wildman–Crippen MR) is 78.1 cm³/mol. The second-order valence-electron chi connectivity index (χ2n) is 6.35. The van der Waals surface area contributed by atoms with Crippen molar-refractivity contribution in [2.75, 3.05) is 26.7 Å². The first-order valence-electron chi connectivity index (χ1n) is 7.81. The van der Waals surface area contributed by atoms with Crippen LogP contribution in [-0.2, 0) is 4.79 Å². The molecular formula is C15H29N3O. The van der Waals surface area contributed by atoms with Gasteiger partial charge in [-0.15, -0.1) is 0 Å². The first-order chi connectivity index (χ1) is 9.08. The van der Waals surface area contributed by atoms with E-state index < -0.39 is 0 Å². The van der Waals surface area contributed by atoms with Crippen molar-refractivity contribution >= 4 is 5.91 Å². The van der Waals surface area contributed by atoms with E-state index in [9.17, 15) is 4.79 Å². The van der Waals surface area contributed by atoms with Crippen molar-refractivity contribution in [3.05, 3.63) is 0 Å². The number of hydrogen-bond donors (Lipinski definition) is 1. The van der Waals surface area contributed by atoms with E-state index in [2.05, 4.69) is 36.0 Å². The summed E-state index contributed by atoms with van der Waals surface area (Å²) in [6.45, 7) is 7.31. The van der Waals surface area contributed by atoms with E-state index in [0.717, 1.165) is 26.1 Å². The second kappa shape index (κ2) is 6.71. The summed E-state index contributed by atoms with van der Waals surface area (Å²) in [6, 6.07) is 1.51. The molecule has 2 aliphatic heterocycles. The highest BCUT2D eigenvalue weighted by molar-refractivity contribution is 5.76. The molecule has 2 aliphatic rings. The Morgan fingerprint density at radius 3 is 2.47 bits per heavy atom. The van der Waals surface area contributed by atoms with Crippen LogP contribution < -0.4 is 5.32 Å². The normalized spacial score (nSPS) is 33.4. The Balaban J connectivity index is 1.76. The summed E-state index contributed by atoms with van der Waals surface area (Å²) in [6.07, 6.45) is 5.56. The van der Waals surface area contributed by atoms with E-state index in [-0.39, 0.29) is 0 Å². The molecule has 0 aliphatic carbocycles. The molecule has 0 bridgehead atoms. The largest absolute Gasteiger partial charge is 0.340 e. The Labute approximate surface area is 117 Å². The first kappa shape index (κ1) is 14.8. The van der Waals surface area contributed by atoms with E-state index in [1.54, 1.807) is 0 Å². The molecule has 110 valence electrons. The molecule has 2 saturated heterocycles. The lowest BCUT2D eigenvalue weighted by atomic mass is 10.00. The molecule has 19 heavy (non-hydrogen) atoms. The summed E-state index contributed by atoms with van der Waals surface area (Å²) in [4.78, 5) is 16.8. The van der Waals surface area contributed by atoms with Crippen LogP contribution in [0.1, 0.15) is 46.0 Å². The Kier molecular flexibility index (Phi) is 5.22. The van der Waals surface area contributed by atoms with Gasteiger partial charge in [0.2, 0.25) is 5.91 Å². The van der Waals surface area contributed by atoms with Gasteiger partial charge in [-0.3, -0.25) is 9.69 Å². The van der Waals surface area contributed by atoms with Crippen LogP contribution in [0, 0.1) is 0 Å². The summed E-state index contributed by atoms with van der Waals surface area (Å²) in [5, 5.41) is 3.52. The lowest BCUT2D eigenvalue weighted by molar-refractivity contribution is -0.135. The standard InChI is InChI=1S/C15H29N3O/c1-12-10-18(11-13(2)17(12)3)15(19)8-7-14-6-4-5-9-16-14/h12-14,16H,4-11H2,1-3H3. The Bertz CT molecular complexity index is 290. The van der Waals surface area contributed by atoms with Crippen molar-refractivity contribution < 1.29 is 4.79 Å². The summed E-state index contributed by atoms with van der Waals surface area (Å²) in [5.41, 5.74) is 0. The molecule has 1 N–H and O–H groups in total. The fourth-order valence-electron chi connectivity index (χ4n) is 3.23. The number of likely N-dealkylation sites (N-methyl/N-ethyl adjacent to an activating group) is 1. The van der Waals surface area contributed by atoms with Gasteiger partial charge in [0, 0.05) is 37.6 Å². The number of rotatable bonds is 3. The number of hydrogen-bond acceptors (Lipinski definition) is 3. The maximum atomic E-state index is 12.3. The average Bonchev–Trinajstić information content (AvgIpc) is 2.42. The van der Waals surface area contributed by atoms with Gasteiger partial charge >= 0.3 is 0 Å². The first-order valence-corrected chi connectivity index (χ1v) is 7.81. The Morgan fingerprint density at radius 1 is 1.21 bits per heavy atom. The summed E-state index contributed by atoms with van der Waals surface area (Å²) in [5.74, 6) is 0.346. The molecule has 4 heteroatoms. The van der Waals surface area contributed by atoms with Crippen molar-refractivity contribution in [2.45, 2.75) is 64.1 Å². The SMILES string of the molecule is CC1CN(C(=O)CCC2CCCCN2)CC(C)N1C. The van der Waals surface area contributed by atoms with Crippen molar-refractivity contribution in [1.82, 2.24) is 15.1 Å². The molecule has 0 spiro atoms. The van der Waals surface area contributed by atoms with Crippen LogP contribution in [0.25, 0.3) is 0 Å². The monoisotopic (exact) mass is 267 g/mol. The molecule has 1 amide bonds. The molecule has 0 radical (unpaired) electrons. The van der Waals surface area contributed by atoms with Crippen LogP contribution in [0.2, 0.25) is 0 Å². The lowest BCUT2D eigenvalue weighted by Crippen LogP contribution is -2.56. The molecule has 3 atom stereocenters. The molecule has 0 saturated carbocycles. The van der Waals surface area contributed by atoms with Crippen molar-refractivity contribution in [2.24, 2.45) is 0 Å². The summed E-state index contributed by atoms with van der Waals surface area (Å²) >= 11 is 0. The van der Waals surface area contributed by atoms with Crippen LogP contribution in [0.15, 0.2) is 0 Å². The third-order valence-electron chi connectivity index (χ3n) is 4.83. The number of nitrogens with zero attached hydrogens (tertiary/aromatic N) is 2. The molecule has 0 aromatic rings. The van der Waals surface area contributed by atoms with Gasteiger partial charge in [0.05, 0.1) is 0 Å². The zero-order valence-corrected chi connectivity index (χ0v) is 12.7. The van der Waals surface area contributed by atoms with Gasteiger partial charge in [-0.1, -0.05) is 6.42 Å². The molecule has 2 rings (SSSR count). The number of carbonyl (C=O) groups excluding carboxylic acids is 1. The van der Waals surface area contributed by atoms with E-state index in [4.69, 9.17) is 0 Å². The van der Waals surface area contributed by atoms with E-state index in [1.807, 2.05) is 0 Å². The topological polar surface area (TPSA) is 35.6 Å². The van der Waals surface area contributed by atoms with E-state index in [1.165, 1.54) is 19.3 Å². The van der Waals surface area contributed by atoms with Gasteiger partial charge < -0.3 is 10.2 Å². The molecule has 0 aromatic carbocycles. The molecular weight excluding hydrogens is 238 g/mol. The van der Waals surface area contributed by atoms with Crippen LogP contribution in [-0.4, -0.2) is 60.5 Å². The van der Waals surface area contributed by atoms with Gasteiger partial charge in [-0.2, -0.15) is 0 Å². The maximum Gasteiger partial charge on any atom is 0.222 e. The Morgan fingerprint density at radius 2 is 1.89 bits per heavy atom. The van der Waals surface area contributed by atoms with Gasteiger partial charge in [0.15, 0.2) is 0 Å². The lowest BCUT2D eigenvalue weighted by Gasteiger charge is -2.42. The Hall–Kier alpha value is -0.610. The maximum absolute atomic E-state index is 12.3. The number of piperazine rings is 1. The number of amides is 1. The van der Waals surface area contributed by atoms with Gasteiger partial charge in [0.1, 0.15) is 0 Å². The zero-order valence-electron chi connectivity index (χ0n) is 12.7. The van der Waals surface area contributed by atoms with Crippen LogP contribution in [0.3, 0.4) is 0 Å². The summed E-state index contributed by atoms with van der Waals surface area (Å²) < 4.78 is 0. The average molecular weight is 267 g/mol. The summed E-state index contributed by atoms with van der Waals surface area (Å²) in [7, 11) is 2.16. The van der Waals surface area contributed by atoms with Crippen LogP contribution in [0.4, 0.5) is 0 Å². The minimum atomic E-state index is 0.346. The van der Waals surface area contributed by atoms with Gasteiger partial charge in [0.25, 0.3) is 0 Å². The molecule has 3 unspecified atom stereocenters. The van der Waals surface area contributed by atoms with Crippen molar-refractivity contribution in [3.63, 3.8) is 0 Å². The zero-order chi connectivity index (χ0) is 13.8. The quantitative estimate of drug-likeness (QED) is 0.841. The third-order valence-corrected chi connectivity index (χ3v) is 4.83. The fourth-order valence-corrected chi connectivity index (χ4v) is 3.23. The third kappa shape index (κ3) is 3.93. The molecule has 4 nitrogen and oxygen atoms in total. The minimum Gasteiger partial charge on any atom is -0.340 e. The minimum absolute atomic E-state index is 0.346. The number of nitrogens with one attached hydrogen (secondary N) is 1. The smallest absolute Gasteiger partial charge is 0.222 e. The molecule has 2 heterocycles. The van der Waals surface area contributed by atoms with E-state index in [0.29, 0.717) is 30.5 Å². The van der Waals surface area contributed by atoms with Crippen molar-refractivity contribution in [1.29, 1.82) is 0 Å². The molecule has 0 aromatic heterocycles. The van der Waals surface area contributed by atoms with Gasteiger partial charge in [-0.05, 0) is 46.7 Å². The van der Waals surface area contributed by atoms with Gasteiger partial charge in [-0.25, -0.2) is 0 Å². The highest BCUT2D eigenvalue weighted by atomic mass is 16.2. The predicted octanol–water partition coefficient (Wildman–Crippen LogP) is 1.46. The van der Waals surface area contributed by atoms with E-state index >= 15 is 0 Å². The van der Waals surface area contributed by atoms with Crippen LogP contribution >= 0.6 is 0 Å².